The van der Waals surface area contributed by atoms with Crippen molar-refractivity contribution in [2.24, 2.45) is 11.7 Å². The Kier molecular flexibility index (Phi) is 3.11. The summed E-state index contributed by atoms with van der Waals surface area (Å²) in [4.78, 5) is 3.51. The van der Waals surface area contributed by atoms with Crippen molar-refractivity contribution in [3.05, 3.63) is 35.5 Å². The molecule has 0 radical (unpaired) electrons. The quantitative estimate of drug-likeness (QED) is 0.886. The van der Waals surface area contributed by atoms with Gasteiger partial charge in [-0.05, 0) is 37.4 Å². The van der Waals surface area contributed by atoms with Crippen LogP contribution in [-0.2, 0) is 10.2 Å². The van der Waals surface area contributed by atoms with Crippen LogP contribution < -0.4 is 5.73 Å². The van der Waals surface area contributed by atoms with Crippen LogP contribution in [0.3, 0.4) is 0 Å². The number of H-pyrrole nitrogens is 1. The molecular formula is C16H22N2O. The minimum absolute atomic E-state index is 0.142. The van der Waals surface area contributed by atoms with Crippen molar-refractivity contribution in [3.63, 3.8) is 0 Å². The Balaban J connectivity index is 2.14. The van der Waals surface area contributed by atoms with Gasteiger partial charge in [0, 0.05) is 22.0 Å². The van der Waals surface area contributed by atoms with E-state index in [-0.39, 0.29) is 5.41 Å². The Morgan fingerprint density at radius 1 is 1.37 bits per heavy atom. The first kappa shape index (κ1) is 12.7. The van der Waals surface area contributed by atoms with Gasteiger partial charge in [0.25, 0.3) is 0 Å². The molecule has 3 rings (SSSR count). The van der Waals surface area contributed by atoms with Crippen LogP contribution in [0.15, 0.2) is 24.3 Å². The average molecular weight is 258 g/mol. The summed E-state index contributed by atoms with van der Waals surface area (Å²) in [7, 11) is 0. The van der Waals surface area contributed by atoms with E-state index in [4.69, 9.17) is 10.5 Å². The van der Waals surface area contributed by atoms with Crippen molar-refractivity contribution in [2.45, 2.75) is 25.7 Å². The standard InChI is InChI=1S/C16H22N2O/c1-11(7-8-17)16(9-19-10-16)15-12(2)18-14-6-4-3-5-13(14)15/h3-6,11,18H,7-10,17H2,1-2H3. The molecule has 1 aliphatic rings. The minimum Gasteiger partial charge on any atom is -0.379 e. The van der Waals surface area contributed by atoms with Crippen molar-refractivity contribution < 1.29 is 4.74 Å². The smallest absolute Gasteiger partial charge is 0.0589 e. The first-order valence-electron chi connectivity index (χ1n) is 7.04. The minimum atomic E-state index is 0.142. The molecule has 2 aromatic rings. The van der Waals surface area contributed by atoms with Crippen LogP contribution in [0, 0.1) is 12.8 Å². The summed E-state index contributed by atoms with van der Waals surface area (Å²) in [5, 5.41) is 1.34. The monoisotopic (exact) mass is 258 g/mol. The molecule has 102 valence electrons. The molecule has 1 fully saturated rings. The lowest BCUT2D eigenvalue weighted by atomic mass is 9.67. The van der Waals surface area contributed by atoms with Gasteiger partial charge in [0.15, 0.2) is 0 Å². The lowest BCUT2D eigenvalue weighted by molar-refractivity contribution is -0.0878. The summed E-state index contributed by atoms with van der Waals surface area (Å²) < 4.78 is 5.58. The average Bonchev–Trinajstić information content (AvgIpc) is 2.66. The van der Waals surface area contributed by atoms with Crippen molar-refractivity contribution in [1.82, 2.24) is 4.98 Å². The lowest BCUT2D eigenvalue weighted by Crippen LogP contribution is -2.52. The third-order valence-electron chi connectivity index (χ3n) is 4.65. The molecular weight excluding hydrogens is 236 g/mol. The summed E-state index contributed by atoms with van der Waals surface area (Å²) in [5.74, 6) is 0.546. The number of nitrogens with two attached hydrogens (primary N) is 1. The van der Waals surface area contributed by atoms with Crippen LogP contribution in [0.1, 0.15) is 24.6 Å². The van der Waals surface area contributed by atoms with Gasteiger partial charge in [-0.15, -0.1) is 0 Å². The zero-order chi connectivity index (χ0) is 13.5. The number of benzene rings is 1. The highest BCUT2D eigenvalue weighted by Crippen LogP contribution is 2.45. The number of nitrogens with one attached hydrogen (secondary N) is 1. The predicted octanol–water partition coefficient (Wildman–Crippen LogP) is 2.73. The van der Waals surface area contributed by atoms with Crippen LogP contribution in [0.25, 0.3) is 10.9 Å². The second-order valence-electron chi connectivity index (χ2n) is 5.80. The van der Waals surface area contributed by atoms with E-state index < -0.39 is 0 Å². The summed E-state index contributed by atoms with van der Waals surface area (Å²) in [5.41, 5.74) is 9.84. The normalized spacial score (nSPS) is 19.3. The van der Waals surface area contributed by atoms with Gasteiger partial charge >= 0.3 is 0 Å². The Morgan fingerprint density at radius 2 is 2.11 bits per heavy atom. The number of ether oxygens (including phenoxy) is 1. The molecule has 1 aromatic carbocycles. The van der Waals surface area contributed by atoms with Crippen LogP contribution in [0.2, 0.25) is 0 Å². The molecule has 3 nitrogen and oxygen atoms in total. The molecule has 1 saturated heterocycles. The van der Waals surface area contributed by atoms with E-state index in [1.165, 1.54) is 22.2 Å². The first-order valence-corrected chi connectivity index (χ1v) is 7.04. The van der Waals surface area contributed by atoms with Gasteiger partial charge in [-0.2, -0.15) is 0 Å². The molecule has 0 saturated carbocycles. The van der Waals surface area contributed by atoms with Gasteiger partial charge in [-0.25, -0.2) is 0 Å². The molecule has 19 heavy (non-hydrogen) atoms. The number of aryl methyl sites for hydroxylation is 1. The van der Waals surface area contributed by atoms with Gasteiger partial charge in [0.05, 0.1) is 13.2 Å². The van der Waals surface area contributed by atoms with E-state index in [1.54, 1.807) is 0 Å². The number of fused-ring (bicyclic) bond motifs is 1. The molecule has 0 bridgehead atoms. The predicted molar refractivity (Wildman–Crippen MR) is 78.4 cm³/mol. The molecule has 1 atom stereocenters. The summed E-state index contributed by atoms with van der Waals surface area (Å²) in [6.45, 7) is 6.85. The number of hydrogen-bond acceptors (Lipinski definition) is 2. The van der Waals surface area contributed by atoms with Gasteiger partial charge in [-0.1, -0.05) is 25.1 Å². The Morgan fingerprint density at radius 3 is 2.74 bits per heavy atom. The summed E-state index contributed by atoms with van der Waals surface area (Å²) >= 11 is 0. The molecule has 0 amide bonds. The molecule has 1 aromatic heterocycles. The fraction of sp³-hybridized carbons (Fsp3) is 0.500. The Bertz CT molecular complexity index is 583. The van der Waals surface area contributed by atoms with Crippen LogP contribution >= 0.6 is 0 Å². The molecule has 0 aliphatic carbocycles. The number of hydrogen-bond donors (Lipinski definition) is 2. The third-order valence-corrected chi connectivity index (χ3v) is 4.65. The van der Waals surface area contributed by atoms with E-state index in [0.717, 1.165) is 26.2 Å². The van der Waals surface area contributed by atoms with Gasteiger partial charge < -0.3 is 15.5 Å². The second kappa shape index (κ2) is 4.66. The number of aromatic nitrogens is 1. The fourth-order valence-electron chi connectivity index (χ4n) is 3.44. The molecule has 0 spiro atoms. The Hall–Kier alpha value is -1.32. The van der Waals surface area contributed by atoms with Gasteiger partial charge in [-0.3, -0.25) is 0 Å². The lowest BCUT2D eigenvalue weighted by Gasteiger charge is -2.46. The summed E-state index contributed by atoms with van der Waals surface area (Å²) in [6, 6.07) is 8.55. The first-order chi connectivity index (χ1) is 9.19. The zero-order valence-corrected chi connectivity index (χ0v) is 11.7. The highest BCUT2D eigenvalue weighted by atomic mass is 16.5. The second-order valence-corrected chi connectivity index (χ2v) is 5.80. The topological polar surface area (TPSA) is 51.0 Å². The van der Waals surface area contributed by atoms with Crippen molar-refractivity contribution in [1.29, 1.82) is 0 Å². The van der Waals surface area contributed by atoms with E-state index in [0.29, 0.717) is 5.92 Å². The van der Waals surface area contributed by atoms with Crippen molar-refractivity contribution in [3.8, 4) is 0 Å². The zero-order valence-electron chi connectivity index (χ0n) is 11.7. The van der Waals surface area contributed by atoms with E-state index in [9.17, 15) is 0 Å². The maximum Gasteiger partial charge on any atom is 0.0589 e. The molecule has 3 heteroatoms. The maximum absolute atomic E-state index is 5.76. The largest absolute Gasteiger partial charge is 0.379 e. The molecule has 1 unspecified atom stereocenters. The number of rotatable bonds is 4. The highest BCUT2D eigenvalue weighted by Gasteiger charge is 2.46. The van der Waals surface area contributed by atoms with E-state index in [2.05, 4.69) is 43.1 Å². The van der Waals surface area contributed by atoms with Gasteiger partial charge in [0.1, 0.15) is 0 Å². The maximum atomic E-state index is 5.76. The van der Waals surface area contributed by atoms with Crippen LogP contribution in [-0.4, -0.2) is 24.7 Å². The van der Waals surface area contributed by atoms with Crippen molar-refractivity contribution in [2.75, 3.05) is 19.8 Å². The molecule has 1 aliphatic heterocycles. The molecule has 2 heterocycles. The SMILES string of the molecule is Cc1[nH]c2ccccc2c1C1(C(C)CCN)COC1. The van der Waals surface area contributed by atoms with Gasteiger partial charge in [0.2, 0.25) is 0 Å². The van der Waals surface area contributed by atoms with Crippen molar-refractivity contribution >= 4 is 10.9 Å². The highest BCUT2D eigenvalue weighted by molar-refractivity contribution is 5.86. The summed E-state index contributed by atoms with van der Waals surface area (Å²) in [6.07, 6.45) is 1.04. The third kappa shape index (κ3) is 1.80. The van der Waals surface area contributed by atoms with E-state index in [1.807, 2.05) is 0 Å². The van der Waals surface area contributed by atoms with Crippen LogP contribution in [0.4, 0.5) is 0 Å². The fourth-order valence-corrected chi connectivity index (χ4v) is 3.44. The molecule has 3 N–H and O–H groups in total. The van der Waals surface area contributed by atoms with E-state index >= 15 is 0 Å². The number of aromatic amines is 1. The number of para-hydroxylation sites is 1. The van der Waals surface area contributed by atoms with Crippen LogP contribution in [0.5, 0.6) is 0 Å². The Labute approximate surface area is 114 Å².